The largest absolute Gasteiger partial charge is 0.481 e. The molecule has 0 aliphatic heterocycles. The van der Waals surface area contributed by atoms with Crippen LogP contribution >= 0.6 is 0 Å². The van der Waals surface area contributed by atoms with E-state index in [0.29, 0.717) is 6.54 Å². The minimum Gasteiger partial charge on any atom is -0.481 e. The molecular formula is C14H29N5O. The number of nitrogens with one attached hydrogen (secondary N) is 1. The predicted octanol–water partition coefficient (Wildman–Crippen LogP) is 0.668. The van der Waals surface area contributed by atoms with Crippen molar-refractivity contribution in [3.05, 3.63) is 11.3 Å². The van der Waals surface area contributed by atoms with Crippen molar-refractivity contribution in [3.8, 4) is 5.88 Å². The standard InChI is InChI=1S/C14H29N5O/c1-6-19(7-2)9-8-16-12(10-15)13-11(3)17-18(4)14(13)20-5/h12,16H,6-10,15H2,1-5H3. The maximum atomic E-state index is 5.92. The van der Waals surface area contributed by atoms with Gasteiger partial charge in [-0.1, -0.05) is 13.8 Å². The van der Waals surface area contributed by atoms with E-state index in [0.717, 1.165) is 43.3 Å². The number of aromatic nitrogens is 2. The number of hydrogen-bond acceptors (Lipinski definition) is 5. The summed E-state index contributed by atoms with van der Waals surface area (Å²) in [7, 11) is 3.56. The predicted molar refractivity (Wildman–Crippen MR) is 82.1 cm³/mol. The first-order chi connectivity index (χ1) is 9.58. The molecule has 1 unspecified atom stereocenters. The van der Waals surface area contributed by atoms with E-state index in [1.807, 2.05) is 14.0 Å². The van der Waals surface area contributed by atoms with Crippen LogP contribution in [0.3, 0.4) is 0 Å². The van der Waals surface area contributed by atoms with Gasteiger partial charge < -0.3 is 20.7 Å². The molecule has 0 saturated carbocycles. The molecule has 1 rings (SSSR count). The molecule has 1 aromatic heterocycles. The van der Waals surface area contributed by atoms with E-state index < -0.39 is 0 Å². The summed E-state index contributed by atoms with van der Waals surface area (Å²) in [5.41, 5.74) is 7.95. The Morgan fingerprint density at radius 2 is 2.05 bits per heavy atom. The number of aryl methyl sites for hydroxylation is 2. The molecule has 116 valence electrons. The Balaban J connectivity index is 2.71. The highest BCUT2D eigenvalue weighted by atomic mass is 16.5. The average molecular weight is 283 g/mol. The molecule has 0 amide bonds. The second kappa shape index (κ2) is 8.24. The van der Waals surface area contributed by atoms with Crippen LogP contribution in [0, 0.1) is 6.92 Å². The molecule has 1 aromatic rings. The highest BCUT2D eigenvalue weighted by Gasteiger charge is 2.21. The Kier molecular flexibility index (Phi) is 6.98. The third kappa shape index (κ3) is 3.94. The van der Waals surface area contributed by atoms with Gasteiger partial charge >= 0.3 is 0 Å². The fourth-order valence-electron chi connectivity index (χ4n) is 2.54. The van der Waals surface area contributed by atoms with E-state index in [9.17, 15) is 0 Å². The summed E-state index contributed by atoms with van der Waals surface area (Å²) >= 11 is 0. The molecule has 1 heterocycles. The average Bonchev–Trinajstić information content (AvgIpc) is 2.73. The van der Waals surface area contributed by atoms with Crippen LogP contribution in [0.2, 0.25) is 0 Å². The van der Waals surface area contributed by atoms with E-state index >= 15 is 0 Å². The SMILES string of the molecule is CCN(CC)CCNC(CN)c1c(C)nn(C)c1OC. The van der Waals surface area contributed by atoms with Crippen molar-refractivity contribution >= 4 is 0 Å². The van der Waals surface area contributed by atoms with Gasteiger partial charge in [-0.2, -0.15) is 5.10 Å². The van der Waals surface area contributed by atoms with Gasteiger partial charge in [0.2, 0.25) is 5.88 Å². The van der Waals surface area contributed by atoms with Gasteiger partial charge in [-0.3, -0.25) is 0 Å². The first kappa shape index (κ1) is 16.9. The van der Waals surface area contributed by atoms with Crippen LogP contribution in [0.5, 0.6) is 5.88 Å². The Labute approximate surface area is 122 Å². The maximum absolute atomic E-state index is 5.92. The Bertz CT molecular complexity index is 401. The van der Waals surface area contributed by atoms with Gasteiger partial charge in [-0.05, 0) is 20.0 Å². The van der Waals surface area contributed by atoms with E-state index in [2.05, 4.69) is 29.2 Å². The zero-order valence-electron chi connectivity index (χ0n) is 13.4. The lowest BCUT2D eigenvalue weighted by molar-refractivity contribution is 0.295. The van der Waals surface area contributed by atoms with Crippen LogP contribution in [-0.4, -0.2) is 54.5 Å². The minimum atomic E-state index is 0.0780. The third-order valence-electron chi connectivity index (χ3n) is 3.70. The van der Waals surface area contributed by atoms with Crippen LogP contribution in [0.15, 0.2) is 0 Å². The Morgan fingerprint density at radius 3 is 2.55 bits per heavy atom. The van der Waals surface area contributed by atoms with E-state index in [-0.39, 0.29) is 6.04 Å². The molecule has 0 bridgehead atoms. The summed E-state index contributed by atoms with van der Waals surface area (Å²) in [6, 6.07) is 0.0780. The number of likely N-dealkylation sites (N-methyl/N-ethyl adjacent to an activating group) is 1. The Morgan fingerprint density at radius 1 is 1.40 bits per heavy atom. The summed E-state index contributed by atoms with van der Waals surface area (Å²) in [5.74, 6) is 0.785. The van der Waals surface area contributed by atoms with Crippen LogP contribution in [0.1, 0.15) is 31.1 Å². The van der Waals surface area contributed by atoms with Crippen LogP contribution in [0.25, 0.3) is 0 Å². The molecule has 1 atom stereocenters. The second-order valence-corrected chi connectivity index (χ2v) is 4.90. The Hall–Kier alpha value is -1.11. The zero-order chi connectivity index (χ0) is 15.1. The topological polar surface area (TPSA) is 68.3 Å². The smallest absolute Gasteiger partial charge is 0.216 e. The lowest BCUT2D eigenvalue weighted by atomic mass is 10.1. The number of ether oxygens (including phenoxy) is 1. The fraction of sp³-hybridized carbons (Fsp3) is 0.786. The molecule has 0 spiro atoms. The van der Waals surface area contributed by atoms with Gasteiger partial charge in [0.15, 0.2) is 0 Å². The molecule has 0 aliphatic carbocycles. The monoisotopic (exact) mass is 283 g/mol. The summed E-state index contributed by atoms with van der Waals surface area (Å²) in [4.78, 5) is 2.38. The molecule has 6 heteroatoms. The molecule has 0 aromatic carbocycles. The van der Waals surface area contributed by atoms with Gasteiger partial charge in [-0.15, -0.1) is 0 Å². The lowest BCUT2D eigenvalue weighted by Crippen LogP contribution is -2.36. The van der Waals surface area contributed by atoms with E-state index in [1.165, 1.54) is 0 Å². The number of hydrogen-bond donors (Lipinski definition) is 2. The minimum absolute atomic E-state index is 0.0780. The fourth-order valence-corrected chi connectivity index (χ4v) is 2.54. The normalized spacial score (nSPS) is 12.9. The summed E-state index contributed by atoms with van der Waals surface area (Å²) in [5, 5.41) is 7.93. The van der Waals surface area contributed by atoms with E-state index in [4.69, 9.17) is 10.5 Å². The first-order valence-corrected chi connectivity index (χ1v) is 7.32. The van der Waals surface area contributed by atoms with Gasteiger partial charge in [0.25, 0.3) is 0 Å². The van der Waals surface area contributed by atoms with Crippen molar-refractivity contribution in [3.63, 3.8) is 0 Å². The summed E-state index contributed by atoms with van der Waals surface area (Å²) < 4.78 is 7.21. The number of methoxy groups -OCH3 is 1. The quantitative estimate of drug-likeness (QED) is 0.697. The highest BCUT2D eigenvalue weighted by molar-refractivity contribution is 5.34. The number of nitrogens with zero attached hydrogens (tertiary/aromatic N) is 3. The molecule has 0 aliphatic rings. The van der Waals surface area contributed by atoms with Crippen molar-refractivity contribution in [1.29, 1.82) is 0 Å². The maximum Gasteiger partial charge on any atom is 0.216 e. The van der Waals surface area contributed by atoms with Crippen LogP contribution < -0.4 is 15.8 Å². The second-order valence-electron chi connectivity index (χ2n) is 4.90. The van der Waals surface area contributed by atoms with Gasteiger partial charge in [-0.25, -0.2) is 4.68 Å². The van der Waals surface area contributed by atoms with Crippen LogP contribution in [-0.2, 0) is 7.05 Å². The number of rotatable bonds is 9. The number of nitrogens with two attached hydrogens (primary N) is 1. The van der Waals surface area contributed by atoms with Crippen molar-refractivity contribution in [1.82, 2.24) is 20.0 Å². The first-order valence-electron chi connectivity index (χ1n) is 7.32. The van der Waals surface area contributed by atoms with Crippen LogP contribution in [0.4, 0.5) is 0 Å². The third-order valence-corrected chi connectivity index (χ3v) is 3.70. The highest BCUT2D eigenvalue weighted by Crippen LogP contribution is 2.27. The van der Waals surface area contributed by atoms with Crippen molar-refractivity contribution in [2.24, 2.45) is 12.8 Å². The van der Waals surface area contributed by atoms with Gasteiger partial charge in [0, 0.05) is 26.7 Å². The molecule has 0 saturated heterocycles. The van der Waals surface area contributed by atoms with Gasteiger partial charge in [0.05, 0.1) is 24.4 Å². The molecule has 0 fully saturated rings. The molecule has 20 heavy (non-hydrogen) atoms. The van der Waals surface area contributed by atoms with Crippen molar-refractivity contribution < 1.29 is 4.74 Å². The van der Waals surface area contributed by atoms with E-state index in [1.54, 1.807) is 11.8 Å². The lowest BCUT2D eigenvalue weighted by Gasteiger charge is -2.22. The zero-order valence-corrected chi connectivity index (χ0v) is 13.4. The molecule has 3 N–H and O–H groups in total. The van der Waals surface area contributed by atoms with Crippen molar-refractivity contribution in [2.45, 2.75) is 26.8 Å². The molecule has 0 radical (unpaired) electrons. The van der Waals surface area contributed by atoms with Crippen molar-refractivity contribution in [2.75, 3.05) is 39.8 Å². The summed E-state index contributed by atoms with van der Waals surface area (Å²) in [6.07, 6.45) is 0. The molecular weight excluding hydrogens is 254 g/mol. The molecule has 6 nitrogen and oxygen atoms in total. The summed E-state index contributed by atoms with van der Waals surface area (Å²) in [6.45, 7) is 10.9. The van der Waals surface area contributed by atoms with Gasteiger partial charge in [0.1, 0.15) is 0 Å².